The molecule has 11 nitrogen and oxygen atoms in total. The van der Waals surface area contributed by atoms with Crippen LogP contribution >= 0.6 is 0 Å². The normalized spacial score (nSPS) is 15.3. The lowest BCUT2D eigenvalue weighted by atomic mass is 9.93. The lowest BCUT2D eigenvalue weighted by molar-refractivity contribution is 0.0543. The number of nitrogens with zero attached hydrogens (tertiary/aromatic N) is 5. The average Bonchev–Trinajstić information content (AvgIpc) is 3.67. The second-order valence-corrected chi connectivity index (χ2v) is 15.2. The molecule has 4 aromatic rings. The number of aromatic nitrogens is 2. The molecule has 0 saturated heterocycles. The van der Waals surface area contributed by atoms with Crippen molar-refractivity contribution in [2.75, 3.05) is 31.2 Å². The molecule has 12 heteroatoms. The van der Waals surface area contributed by atoms with Gasteiger partial charge in [0.15, 0.2) is 5.69 Å². The fourth-order valence-electron chi connectivity index (χ4n) is 7.05. The van der Waals surface area contributed by atoms with Crippen LogP contribution in [-0.4, -0.2) is 95.2 Å². The summed E-state index contributed by atoms with van der Waals surface area (Å²) >= 11 is 0. The SMILES string of the molecule is CCCCN(CCCC)C(=O)c1cc(C)n(-c2ccc(N[SiH2]CCN3C(=O)c4ccccc4C3=O)cc2C(=O)N2Cc3ccccc3CC2CO)n1. The summed E-state index contributed by atoms with van der Waals surface area (Å²) in [6.07, 6.45) is 4.33. The van der Waals surface area contributed by atoms with Gasteiger partial charge in [-0.25, -0.2) is 4.68 Å². The van der Waals surface area contributed by atoms with Gasteiger partial charge in [0, 0.05) is 37.6 Å². The lowest BCUT2D eigenvalue weighted by Gasteiger charge is -2.36. The third-order valence-electron chi connectivity index (χ3n) is 10.0. The maximum absolute atomic E-state index is 14.6. The molecule has 4 amide bonds. The smallest absolute Gasteiger partial charge is 0.274 e. The van der Waals surface area contributed by atoms with E-state index in [0.29, 0.717) is 66.7 Å². The first-order chi connectivity index (χ1) is 25.2. The minimum Gasteiger partial charge on any atom is -0.416 e. The van der Waals surface area contributed by atoms with E-state index in [4.69, 9.17) is 5.10 Å². The van der Waals surface area contributed by atoms with Crippen LogP contribution in [0, 0.1) is 6.92 Å². The third kappa shape index (κ3) is 7.58. The molecule has 0 radical (unpaired) electrons. The molecule has 2 N–H and O–H groups in total. The first kappa shape index (κ1) is 36.7. The van der Waals surface area contributed by atoms with Gasteiger partial charge >= 0.3 is 0 Å². The number of hydrogen-bond acceptors (Lipinski definition) is 7. The molecule has 0 spiro atoms. The van der Waals surface area contributed by atoms with Crippen LogP contribution < -0.4 is 4.98 Å². The van der Waals surface area contributed by atoms with E-state index < -0.39 is 15.7 Å². The minimum absolute atomic E-state index is 0.119. The standard InChI is InChI=1S/C40H48N6O5Si/c1-4-6-18-43(19-7-5-2)40(51)35-22-27(3)46(41-35)36-17-16-30(42-52-21-20-44-37(48)32-14-10-11-15-33(32)38(44)49)24-34(36)39(50)45-25-29-13-9-8-12-28(29)23-31(45)26-47/h8-17,22,24,31,42,47H,4-7,18-21,23,25-26,52H2,1-3H3. The molecule has 1 aromatic heterocycles. The van der Waals surface area contributed by atoms with Crippen molar-refractivity contribution in [1.29, 1.82) is 0 Å². The highest BCUT2D eigenvalue weighted by atomic mass is 28.2. The summed E-state index contributed by atoms with van der Waals surface area (Å²) in [6, 6.07) is 22.5. The summed E-state index contributed by atoms with van der Waals surface area (Å²) < 4.78 is 1.67. The zero-order chi connectivity index (χ0) is 36.8. The molecule has 0 fully saturated rings. The van der Waals surface area contributed by atoms with Crippen LogP contribution in [0.1, 0.15) is 97.9 Å². The van der Waals surface area contributed by atoms with Crippen molar-refractivity contribution in [3.8, 4) is 5.69 Å². The Balaban J connectivity index is 1.27. The topological polar surface area (TPSA) is 128 Å². The van der Waals surface area contributed by atoms with Gasteiger partial charge in [-0.3, -0.25) is 24.1 Å². The molecule has 6 rings (SSSR count). The number of anilines is 1. The van der Waals surface area contributed by atoms with Crippen molar-refractivity contribution in [2.45, 2.75) is 71.5 Å². The molecule has 0 saturated carbocycles. The van der Waals surface area contributed by atoms with Crippen LogP contribution in [0.4, 0.5) is 5.69 Å². The van der Waals surface area contributed by atoms with Gasteiger partial charge in [0.05, 0.1) is 35.0 Å². The molecule has 1 atom stereocenters. The summed E-state index contributed by atoms with van der Waals surface area (Å²) in [4.78, 5) is 62.4. The number of benzene rings is 3. The van der Waals surface area contributed by atoms with Crippen LogP contribution in [-0.2, 0) is 13.0 Å². The molecule has 2 aliphatic rings. The van der Waals surface area contributed by atoms with E-state index in [-0.39, 0.29) is 30.2 Å². The average molecular weight is 721 g/mol. The molecule has 272 valence electrons. The van der Waals surface area contributed by atoms with Crippen LogP contribution in [0.3, 0.4) is 0 Å². The molecule has 3 heterocycles. The predicted octanol–water partition coefficient (Wildman–Crippen LogP) is 4.99. The Kier molecular flexibility index (Phi) is 11.7. The maximum Gasteiger partial charge on any atom is 0.274 e. The zero-order valence-corrected chi connectivity index (χ0v) is 31.7. The quantitative estimate of drug-likeness (QED) is 0.101. The molecular formula is C40H48N6O5Si. The number of aliphatic hydroxyl groups is 1. The van der Waals surface area contributed by atoms with Crippen molar-refractivity contribution < 1.29 is 24.3 Å². The molecule has 52 heavy (non-hydrogen) atoms. The highest BCUT2D eigenvalue weighted by Gasteiger charge is 2.35. The molecular weight excluding hydrogens is 673 g/mol. The number of amides is 4. The number of carbonyl (C=O) groups is 4. The second-order valence-electron chi connectivity index (χ2n) is 13.6. The number of unbranched alkanes of at least 4 members (excludes halogenated alkanes) is 2. The largest absolute Gasteiger partial charge is 0.416 e. The highest BCUT2D eigenvalue weighted by Crippen LogP contribution is 2.29. The van der Waals surface area contributed by atoms with Gasteiger partial charge in [-0.1, -0.05) is 63.1 Å². The van der Waals surface area contributed by atoms with Crippen LogP contribution in [0.15, 0.2) is 72.8 Å². The van der Waals surface area contributed by atoms with E-state index in [1.54, 1.807) is 39.9 Å². The Bertz CT molecular complexity index is 1920. The monoisotopic (exact) mass is 720 g/mol. The van der Waals surface area contributed by atoms with Crippen molar-refractivity contribution in [3.63, 3.8) is 0 Å². The first-order valence-corrected chi connectivity index (χ1v) is 20.1. The molecule has 3 aromatic carbocycles. The highest BCUT2D eigenvalue weighted by molar-refractivity contribution is 6.40. The minimum atomic E-state index is -1.02. The van der Waals surface area contributed by atoms with E-state index in [2.05, 4.69) is 18.8 Å². The number of rotatable bonds is 15. The van der Waals surface area contributed by atoms with Crippen molar-refractivity contribution in [1.82, 2.24) is 24.5 Å². The van der Waals surface area contributed by atoms with E-state index >= 15 is 0 Å². The number of nitrogens with one attached hydrogen (secondary N) is 1. The Morgan fingerprint density at radius 3 is 2.23 bits per heavy atom. The first-order valence-electron chi connectivity index (χ1n) is 18.4. The number of hydrogen-bond donors (Lipinski definition) is 2. The summed E-state index contributed by atoms with van der Waals surface area (Å²) in [5, 5.41) is 15.2. The van der Waals surface area contributed by atoms with E-state index in [9.17, 15) is 24.3 Å². The fraction of sp³-hybridized carbons (Fsp3) is 0.375. The third-order valence-corrected chi connectivity index (χ3v) is 11.3. The fourth-order valence-corrected chi connectivity index (χ4v) is 8.21. The van der Waals surface area contributed by atoms with E-state index in [1.807, 2.05) is 54.3 Å². The van der Waals surface area contributed by atoms with Gasteiger partial charge in [-0.05, 0) is 79.8 Å². The van der Waals surface area contributed by atoms with Crippen molar-refractivity contribution >= 4 is 39.0 Å². The van der Waals surface area contributed by atoms with Crippen LogP contribution in [0.5, 0.6) is 0 Å². The molecule has 0 bridgehead atoms. The van der Waals surface area contributed by atoms with Gasteiger partial charge in [-0.15, -0.1) is 0 Å². The lowest BCUT2D eigenvalue weighted by Crippen LogP contribution is -2.46. The van der Waals surface area contributed by atoms with E-state index in [1.165, 1.54) is 4.90 Å². The van der Waals surface area contributed by atoms with Gasteiger partial charge in [-0.2, -0.15) is 5.10 Å². The number of carbonyl (C=O) groups excluding carboxylic acids is 4. The van der Waals surface area contributed by atoms with E-state index in [0.717, 1.165) is 48.2 Å². The summed E-state index contributed by atoms with van der Waals surface area (Å²) in [5.41, 5.74) is 5.79. The summed E-state index contributed by atoms with van der Waals surface area (Å²) in [5.74, 6) is -0.888. The van der Waals surface area contributed by atoms with Gasteiger partial charge in [0.1, 0.15) is 9.68 Å². The number of aliphatic hydroxyl groups excluding tert-OH is 1. The number of fused-ring (bicyclic) bond motifs is 2. The van der Waals surface area contributed by atoms with Crippen molar-refractivity contribution in [2.24, 2.45) is 0 Å². The molecule has 0 aliphatic carbocycles. The Labute approximate surface area is 307 Å². The maximum atomic E-state index is 14.6. The number of aryl methyl sites for hydroxylation is 1. The second kappa shape index (κ2) is 16.5. The summed E-state index contributed by atoms with van der Waals surface area (Å²) in [6.45, 7) is 7.93. The Morgan fingerprint density at radius 2 is 1.58 bits per heavy atom. The van der Waals surface area contributed by atoms with Gasteiger partial charge in [0.2, 0.25) is 0 Å². The Morgan fingerprint density at radius 1 is 0.923 bits per heavy atom. The molecule has 2 aliphatic heterocycles. The summed E-state index contributed by atoms with van der Waals surface area (Å²) in [7, 11) is -1.02. The van der Waals surface area contributed by atoms with Gasteiger partial charge in [0.25, 0.3) is 23.6 Å². The van der Waals surface area contributed by atoms with Crippen molar-refractivity contribution in [3.05, 3.63) is 112 Å². The van der Waals surface area contributed by atoms with Crippen LogP contribution in [0.2, 0.25) is 6.04 Å². The van der Waals surface area contributed by atoms with Gasteiger partial charge < -0.3 is 19.9 Å². The number of imide groups is 1. The predicted molar refractivity (Wildman–Crippen MR) is 204 cm³/mol. The van der Waals surface area contributed by atoms with Crippen LogP contribution in [0.25, 0.3) is 5.69 Å². The zero-order valence-electron chi connectivity index (χ0n) is 30.3. The molecule has 1 unspecified atom stereocenters. The Hall–Kier alpha value is -5.07.